The number of carbonyl (C=O) groups is 1. The van der Waals surface area contributed by atoms with Crippen molar-refractivity contribution in [2.75, 3.05) is 17.2 Å². The van der Waals surface area contributed by atoms with Gasteiger partial charge in [-0.15, -0.1) is 0 Å². The lowest BCUT2D eigenvalue weighted by Gasteiger charge is -2.18. The van der Waals surface area contributed by atoms with Crippen LogP contribution in [0, 0.1) is 6.92 Å². The van der Waals surface area contributed by atoms with E-state index < -0.39 is 0 Å². The van der Waals surface area contributed by atoms with E-state index >= 15 is 0 Å². The molecular weight excluding hydrogens is 252 g/mol. The van der Waals surface area contributed by atoms with E-state index in [0.717, 1.165) is 22.7 Å². The molecule has 102 valence electrons. The topological polar surface area (TPSA) is 50.4 Å². The van der Waals surface area contributed by atoms with Crippen LogP contribution in [0.3, 0.4) is 0 Å². The maximum atomic E-state index is 11.3. The number of anilines is 2. The second kappa shape index (κ2) is 5.25. The molecule has 1 aliphatic rings. The predicted molar refractivity (Wildman–Crippen MR) is 79.1 cm³/mol. The Labute approximate surface area is 117 Å². The highest BCUT2D eigenvalue weighted by atomic mass is 16.5. The van der Waals surface area contributed by atoms with Crippen molar-refractivity contribution in [1.29, 1.82) is 0 Å². The van der Waals surface area contributed by atoms with Crippen molar-refractivity contribution >= 4 is 17.3 Å². The largest absolute Gasteiger partial charge is 0.482 e. The molecular formula is C16H16N2O2. The van der Waals surface area contributed by atoms with E-state index in [4.69, 9.17) is 4.74 Å². The van der Waals surface area contributed by atoms with Gasteiger partial charge in [-0.3, -0.25) is 4.79 Å². The molecule has 0 spiro atoms. The second-order valence-corrected chi connectivity index (χ2v) is 4.89. The zero-order valence-electron chi connectivity index (χ0n) is 11.3. The minimum Gasteiger partial charge on any atom is -0.482 e. The van der Waals surface area contributed by atoms with E-state index in [9.17, 15) is 4.79 Å². The number of aryl methyl sites for hydroxylation is 1. The van der Waals surface area contributed by atoms with Crippen LogP contribution >= 0.6 is 0 Å². The first-order valence-corrected chi connectivity index (χ1v) is 6.57. The summed E-state index contributed by atoms with van der Waals surface area (Å²) in [6, 6.07) is 14.1. The van der Waals surface area contributed by atoms with Gasteiger partial charge in [-0.25, -0.2) is 0 Å². The van der Waals surface area contributed by atoms with Crippen LogP contribution in [-0.4, -0.2) is 12.5 Å². The summed E-state index contributed by atoms with van der Waals surface area (Å²) < 4.78 is 5.33. The van der Waals surface area contributed by atoms with Gasteiger partial charge >= 0.3 is 0 Å². The van der Waals surface area contributed by atoms with Crippen LogP contribution in [0.5, 0.6) is 5.75 Å². The number of carbonyl (C=O) groups excluding carboxylic acids is 1. The standard InChI is InChI=1S/C16H16N2O2/c1-11-2-5-13(6-3-11)17-9-12-4-7-15-14(8-12)18-16(19)10-20-15/h2-8,17H,9-10H2,1H3,(H,18,19). The third-order valence-corrected chi connectivity index (χ3v) is 3.23. The Balaban J connectivity index is 1.70. The van der Waals surface area contributed by atoms with Gasteiger partial charge in [-0.2, -0.15) is 0 Å². The van der Waals surface area contributed by atoms with Gasteiger partial charge in [0.2, 0.25) is 0 Å². The van der Waals surface area contributed by atoms with Crippen molar-refractivity contribution in [3.63, 3.8) is 0 Å². The van der Waals surface area contributed by atoms with E-state index in [2.05, 4.69) is 41.8 Å². The van der Waals surface area contributed by atoms with E-state index in [-0.39, 0.29) is 12.5 Å². The van der Waals surface area contributed by atoms with Crippen LogP contribution in [0.15, 0.2) is 42.5 Å². The molecule has 0 saturated heterocycles. The molecule has 0 radical (unpaired) electrons. The molecule has 1 amide bonds. The van der Waals surface area contributed by atoms with Crippen LogP contribution < -0.4 is 15.4 Å². The smallest absolute Gasteiger partial charge is 0.262 e. The zero-order chi connectivity index (χ0) is 13.9. The average molecular weight is 268 g/mol. The van der Waals surface area contributed by atoms with Crippen molar-refractivity contribution in [2.45, 2.75) is 13.5 Å². The van der Waals surface area contributed by atoms with Gasteiger partial charge in [0.15, 0.2) is 6.61 Å². The summed E-state index contributed by atoms with van der Waals surface area (Å²) in [5.41, 5.74) is 4.15. The molecule has 2 N–H and O–H groups in total. The first kappa shape index (κ1) is 12.5. The molecule has 0 fully saturated rings. The lowest BCUT2D eigenvalue weighted by atomic mass is 10.1. The molecule has 20 heavy (non-hydrogen) atoms. The summed E-state index contributed by atoms with van der Waals surface area (Å²) in [4.78, 5) is 11.3. The Morgan fingerprint density at radius 3 is 2.80 bits per heavy atom. The van der Waals surface area contributed by atoms with E-state index in [0.29, 0.717) is 6.54 Å². The molecule has 3 rings (SSSR count). The minimum atomic E-state index is -0.110. The number of benzene rings is 2. The average Bonchev–Trinajstić information content (AvgIpc) is 2.46. The summed E-state index contributed by atoms with van der Waals surface area (Å²) in [5.74, 6) is 0.616. The maximum Gasteiger partial charge on any atom is 0.262 e. The van der Waals surface area contributed by atoms with Crippen LogP contribution in [-0.2, 0) is 11.3 Å². The molecule has 1 heterocycles. The lowest BCUT2D eigenvalue weighted by molar-refractivity contribution is -0.118. The van der Waals surface area contributed by atoms with Crippen molar-refractivity contribution in [2.24, 2.45) is 0 Å². The maximum absolute atomic E-state index is 11.3. The van der Waals surface area contributed by atoms with Gasteiger partial charge in [0.1, 0.15) is 5.75 Å². The molecule has 4 nitrogen and oxygen atoms in total. The quantitative estimate of drug-likeness (QED) is 0.900. The van der Waals surface area contributed by atoms with Gasteiger partial charge in [0, 0.05) is 12.2 Å². The molecule has 2 aromatic rings. The van der Waals surface area contributed by atoms with Crippen LogP contribution in [0.25, 0.3) is 0 Å². The first-order valence-electron chi connectivity index (χ1n) is 6.57. The highest BCUT2D eigenvalue weighted by Gasteiger charge is 2.15. The number of hydrogen-bond acceptors (Lipinski definition) is 3. The van der Waals surface area contributed by atoms with E-state index in [1.807, 2.05) is 18.2 Å². The van der Waals surface area contributed by atoms with Crippen LogP contribution in [0.4, 0.5) is 11.4 Å². The molecule has 0 aliphatic carbocycles. The fourth-order valence-corrected chi connectivity index (χ4v) is 2.12. The first-order chi connectivity index (χ1) is 9.70. The summed E-state index contributed by atoms with van der Waals surface area (Å²) in [6.07, 6.45) is 0. The van der Waals surface area contributed by atoms with Gasteiger partial charge in [0.25, 0.3) is 5.91 Å². The van der Waals surface area contributed by atoms with E-state index in [1.165, 1.54) is 5.56 Å². The van der Waals surface area contributed by atoms with Crippen LogP contribution in [0.1, 0.15) is 11.1 Å². The van der Waals surface area contributed by atoms with Crippen molar-refractivity contribution in [3.8, 4) is 5.75 Å². The summed E-state index contributed by atoms with van der Waals surface area (Å²) >= 11 is 0. The number of amides is 1. The summed E-state index contributed by atoms with van der Waals surface area (Å²) in [7, 11) is 0. The van der Waals surface area contributed by atoms with Crippen molar-refractivity contribution in [3.05, 3.63) is 53.6 Å². The molecule has 0 atom stereocenters. The van der Waals surface area contributed by atoms with Gasteiger partial charge in [-0.1, -0.05) is 23.8 Å². The van der Waals surface area contributed by atoms with Crippen molar-refractivity contribution in [1.82, 2.24) is 0 Å². The monoisotopic (exact) mass is 268 g/mol. The Morgan fingerprint density at radius 2 is 2.00 bits per heavy atom. The molecule has 0 unspecified atom stereocenters. The Morgan fingerprint density at radius 1 is 1.20 bits per heavy atom. The highest BCUT2D eigenvalue weighted by Crippen LogP contribution is 2.28. The molecule has 1 aliphatic heterocycles. The third kappa shape index (κ3) is 2.74. The number of ether oxygens (including phenoxy) is 1. The number of fused-ring (bicyclic) bond motifs is 1. The zero-order valence-corrected chi connectivity index (χ0v) is 11.3. The summed E-state index contributed by atoms with van der Waals surface area (Å²) in [5, 5.41) is 6.17. The fraction of sp³-hybridized carbons (Fsp3) is 0.188. The Kier molecular flexibility index (Phi) is 3.29. The highest BCUT2D eigenvalue weighted by molar-refractivity contribution is 5.95. The summed E-state index contributed by atoms with van der Waals surface area (Å²) in [6.45, 7) is 2.86. The van der Waals surface area contributed by atoms with Gasteiger partial charge in [-0.05, 0) is 36.8 Å². The van der Waals surface area contributed by atoms with Gasteiger partial charge in [0.05, 0.1) is 5.69 Å². The minimum absolute atomic E-state index is 0.0912. The van der Waals surface area contributed by atoms with Crippen molar-refractivity contribution < 1.29 is 9.53 Å². The van der Waals surface area contributed by atoms with E-state index in [1.54, 1.807) is 0 Å². The predicted octanol–water partition coefficient (Wildman–Crippen LogP) is 2.94. The fourth-order valence-electron chi connectivity index (χ4n) is 2.12. The second-order valence-electron chi connectivity index (χ2n) is 4.89. The normalized spacial score (nSPS) is 13.2. The number of nitrogens with one attached hydrogen (secondary N) is 2. The van der Waals surface area contributed by atoms with Crippen LogP contribution in [0.2, 0.25) is 0 Å². The lowest BCUT2D eigenvalue weighted by Crippen LogP contribution is -2.25. The Bertz CT molecular complexity index is 635. The van der Waals surface area contributed by atoms with Gasteiger partial charge < -0.3 is 15.4 Å². The number of rotatable bonds is 3. The molecule has 4 heteroatoms. The SMILES string of the molecule is Cc1ccc(NCc2ccc3c(c2)NC(=O)CO3)cc1. The molecule has 0 aromatic heterocycles. The molecule has 0 saturated carbocycles. The Hall–Kier alpha value is -2.49. The molecule has 2 aromatic carbocycles. The molecule has 0 bridgehead atoms. The number of hydrogen-bond donors (Lipinski definition) is 2. The third-order valence-electron chi connectivity index (χ3n) is 3.23.